The van der Waals surface area contributed by atoms with Gasteiger partial charge < -0.3 is 20.1 Å². The number of carbonyl (C=O) groups excluding carboxylic acids is 2. The first-order valence-corrected chi connectivity index (χ1v) is 12.4. The molecule has 2 aliphatic rings. The summed E-state index contributed by atoms with van der Waals surface area (Å²) in [5.41, 5.74) is 5.32. The molecule has 9 heteroatoms. The first-order valence-electron chi connectivity index (χ1n) is 11.5. The van der Waals surface area contributed by atoms with E-state index in [0.29, 0.717) is 23.8 Å². The Labute approximate surface area is 206 Å². The van der Waals surface area contributed by atoms with Gasteiger partial charge in [0.05, 0.1) is 25.1 Å². The number of nitrogens with one attached hydrogen (secondary N) is 1. The van der Waals surface area contributed by atoms with Crippen molar-refractivity contribution in [1.29, 1.82) is 0 Å². The zero-order valence-electron chi connectivity index (χ0n) is 19.0. The Hall–Kier alpha value is -3.72. The van der Waals surface area contributed by atoms with Gasteiger partial charge in [0.2, 0.25) is 5.91 Å². The quantitative estimate of drug-likeness (QED) is 0.498. The van der Waals surface area contributed by atoms with Crippen molar-refractivity contribution >= 4 is 29.3 Å². The number of hydrogen-bond acceptors (Lipinski definition) is 6. The van der Waals surface area contributed by atoms with Crippen LogP contribution >= 0.6 is 11.3 Å². The van der Waals surface area contributed by atoms with E-state index in [-0.39, 0.29) is 43.7 Å². The molecule has 1 fully saturated rings. The number of carboxylic acid groups (broad SMARTS) is 1. The number of carboxylic acids is 1. The van der Waals surface area contributed by atoms with E-state index in [1.807, 2.05) is 24.3 Å². The van der Waals surface area contributed by atoms with Crippen molar-refractivity contribution in [2.24, 2.45) is 5.92 Å². The molecule has 0 spiro atoms. The third kappa shape index (κ3) is 5.05. The third-order valence-corrected chi connectivity index (χ3v) is 7.33. The van der Waals surface area contributed by atoms with Crippen LogP contribution in [0.5, 0.6) is 0 Å². The van der Waals surface area contributed by atoms with Crippen LogP contribution in [0, 0.1) is 5.92 Å². The molecule has 0 radical (unpaired) electrons. The highest BCUT2D eigenvalue weighted by Crippen LogP contribution is 2.44. The number of aromatic nitrogens is 1. The molecule has 0 saturated carbocycles. The van der Waals surface area contributed by atoms with E-state index in [1.165, 1.54) is 22.5 Å². The van der Waals surface area contributed by atoms with Gasteiger partial charge in [0.25, 0.3) is 0 Å². The predicted octanol–water partition coefficient (Wildman–Crippen LogP) is 3.66. The molecule has 8 nitrogen and oxygen atoms in total. The number of hydrogen-bond donors (Lipinski definition) is 2. The van der Waals surface area contributed by atoms with Crippen molar-refractivity contribution in [3.8, 4) is 11.1 Å². The van der Waals surface area contributed by atoms with E-state index in [2.05, 4.69) is 34.6 Å². The van der Waals surface area contributed by atoms with Crippen LogP contribution in [0.25, 0.3) is 11.1 Å². The summed E-state index contributed by atoms with van der Waals surface area (Å²) < 4.78 is 5.55. The lowest BCUT2D eigenvalue weighted by atomic mass is 9.96. The predicted molar refractivity (Wildman–Crippen MR) is 130 cm³/mol. The fourth-order valence-electron chi connectivity index (χ4n) is 4.72. The minimum absolute atomic E-state index is 0.00206. The minimum atomic E-state index is -0.838. The van der Waals surface area contributed by atoms with E-state index in [9.17, 15) is 14.4 Å². The van der Waals surface area contributed by atoms with Crippen LogP contribution in [0.3, 0.4) is 0 Å². The second kappa shape index (κ2) is 9.87. The zero-order chi connectivity index (χ0) is 24.4. The number of carbonyl (C=O) groups is 3. The number of aliphatic carboxylic acids is 1. The first kappa shape index (κ1) is 23.0. The molecule has 1 aromatic heterocycles. The van der Waals surface area contributed by atoms with E-state index in [4.69, 9.17) is 9.84 Å². The number of thiazole rings is 1. The van der Waals surface area contributed by atoms with Gasteiger partial charge in [0.1, 0.15) is 11.6 Å². The average molecular weight is 492 g/mol. The van der Waals surface area contributed by atoms with Crippen molar-refractivity contribution in [3.63, 3.8) is 0 Å². The Balaban J connectivity index is 1.09. The van der Waals surface area contributed by atoms with Gasteiger partial charge in [0.15, 0.2) is 0 Å². The maximum Gasteiger partial charge on any atom is 0.407 e. The monoisotopic (exact) mass is 491 g/mol. The summed E-state index contributed by atoms with van der Waals surface area (Å²) in [6, 6.07) is 16.4. The second-order valence-corrected chi connectivity index (χ2v) is 9.79. The average Bonchev–Trinajstić information content (AvgIpc) is 3.40. The number of fused-ring (bicyclic) bond motifs is 3. The molecular weight excluding hydrogens is 466 g/mol. The number of alkyl carbamates (subject to hydrolysis) is 1. The van der Waals surface area contributed by atoms with Crippen molar-refractivity contribution in [3.05, 3.63) is 75.7 Å². The van der Waals surface area contributed by atoms with E-state index >= 15 is 0 Å². The van der Waals surface area contributed by atoms with Gasteiger partial charge in [-0.2, -0.15) is 0 Å². The molecular formula is C26H25N3O5S. The van der Waals surface area contributed by atoms with Crippen molar-refractivity contribution in [1.82, 2.24) is 15.2 Å². The summed E-state index contributed by atoms with van der Waals surface area (Å²) in [5, 5.41) is 14.1. The fraction of sp³-hybridized carbons (Fsp3) is 0.308. The maximum absolute atomic E-state index is 12.4. The van der Waals surface area contributed by atoms with Crippen LogP contribution in [-0.2, 0) is 27.3 Å². The van der Waals surface area contributed by atoms with E-state index in [0.717, 1.165) is 11.1 Å². The normalized spacial score (nSPS) is 14.7. The molecule has 0 unspecified atom stereocenters. The number of benzene rings is 2. The van der Waals surface area contributed by atoms with Crippen LogP contribution in [0.4, 0.5) is 4.79 Å². The molecule has 5 rings (SSSR count). The van der Waals surface area contributed by atoms with Gasteiger partial charge in [-0.25, -0.2) is 9.78 Å². The molecule has 35 heavy (non-hydrogen) atoms. The number of likely N-dealkylation sites (tertiary alicyclic amines) is 1. The van der Waals surface area contributed by atoms with Crippen molar-refractivity contribution in [2.75, 3.05) is 19.7 Å². The standard InChI is InChI=1S/C26H25N3O5S/c30-24(29-12-16(13-29)9-25(31)32)10-17-15-35-23(28-17)11-27-26(33)34-14-22-20-7-3-1-5-18(20)19-6-2-4-8-21(19)22/h1-8,15-16,22H,9-14H2,(H,27,33)(H,31,32). The van der Waals surface area contributed by atoms with Gasteiger partial charge in [-0.05, 0) is 22.3 Å². The molecule has 3 aromatic rings. The zero-order valence-corrected chi connectivity index (χ0v) is 19.8. The minimum Gasteiger partial charge on any atom is -0.481 e. The second-order valence-electron chi connectivity index (χ2n) is 8.85. The van der Waals surface area contributed by atoms with Gasteiger partial charge in [0, 0.05) is 30.3 Å². The van der Waals surface area contributed by atoms with Gasteiger partial charge in [-0.15, -0.1) is 11.3 Å². The topological polar surface area (TPSA) is 109 Å². The summed E-state index contributed by atoms with van der Waals surface area (Å²) in [4.78, 5) is 41.5. The number of ether oxygens (including phenoxy) is 1. The molecule has 0 bridgehead atoms. The molecule has 2 heterocycles. The summed E-state index contributed by atoms with van der Waals surface area (Å²) in [6.45, 7) is 1.42. The highest BCUT2D eigenvalue weighted by molar-refractivity contribution is 7.09. The highest BCUT2D eigenvalue weighted by Gasteiger charge is 2.32. The summed E-state index contributed by atoms with van der Waals surface area (Å²) in [7, 11) is 0. The van der Waals surface area contributed by atoms with Crippen molar-refractivity contribution < 1.29 is 24.2 Å². The highest BCUT2D eigenvalue weighted by atomic mass is 32.1. The molecule has 180 valence electrons. The van der Waals surface area contributed by atoms with Crippen LogP contribution in [-0.4, -0.2) is 52.7 Å². The SMILES string of the molecule is O=C(O)CC1CN(C(=O)Cc2csc(CNC(=O)OCC3c4ccccc4-c4ccccc43)n2)C1. The lowest BCUT2D eigenvalue weighted by Gasteiger charge is -2.38. The van der Waals surface area contributed by atoms with Crippen LogP contribution < -0.4 is 5.32 Å². The Morgan fingerprint density at radius 1 is 1.06 bits per heavy atom. The first-order chi connectivity index (χ1) is 17.0. The van der Waals surface area contributed by atoms with Gasteiger partial charge >= 0.3 is 12.1 Å². The van der Waals surface area contributed by atoms with Crippen LogP contribution in [0.2, 0.25) is 0 Å². The largest absolute Gasteiger partial charge is 0.481 e. The van der Waals surface area contributed by atoms with Crippen LogP contribution in [0.1, 0.15) is 34.2 Å². The van der Waals surface area contributed by atoms with Gasteiger partial charge in [-0.1, -0.05) is 48.5 Å². The molecule has 1 saturated heterocycles. The Morgan fingerprint density at radius 2 is 1.71 bits per heavy atom. The summed E-state index contributed by atoms with van der Waals surface area (Å²) in [5.74, 6) is -0.866. The summed E-state index contributed by atoms with van der Waals surface area (Å²) in [6.07, 6.45) is -0.252. The lowest BCUT2D eigenvalue weighted by Crippen LogP contribution is -2.51. The van der Waals surface area contributed by atoms with E-state index in [1.54, 1.807) is 10.3 Å². The smallest absolute Gasteiger partial charge is 0.407 e. The molecule has 2 aromatic carbocycles. The Kier molecular flexibility index (Phi) is 6.50. The Morgan fingerprint density at radius 3 is 2.37 bits per heavy atom. The molecule has 0 atom stereocenters. The fourth-order valence-corrected chi connectivity index (χ4v) is 5.46. The van der Waals surface area contributed by atoms with Crippen LogP contribution in [0.15, 0.2) is 53.9 Å². The van der Waals surface area contributed by atoms with E-state index < -0.39 is 12.1 Å². The van der Waals surface area contributed by atoms with Crippen molar-refractivity contribution in [2.45, 2.75) is 25.3 Å². The van der Waals surface area contributed by atoms with Gasteiger partial charge in [-0.3, -0.25) is 9.59 Å². The third-order valence-electron chi connectivity index (χ3n) is 6.43. The molecule has 2 amide bonds. The number of rotatable bonds is 8. The maximum atomic E-state index is 12.4. The molecule has 2 N–H and O–H groups in total. The molecule has 1 aliphatic heterocycles. The molecule has 1 aliphatic carbocycles. The summed E-state index contributed by atoms with van der Waals surface area (Å²) >= 11 is 1.37. The number of nitrogens with zero attached hydrogens (tertiary/aromatic N) is 2. The number of amides is 2. The lowest BCUT2D eigenvalue weighted by molar-refractivity contribution is -0.144. The Bertz CT molecular complexity index is 1220.